The highest BCUT2D eigenvalue weighted by molar-refractivity contribution is 9.11. The molecule has 0 aromatic heterocycles. The van der Waals surface area contributed by atoms with E-state index in [0.717, 1.165) is 35.9 Å². The fourth-order valence-corrected chi connectivity index (χ4v) is 10.0. The molecule has 0 aliphatic heterocycles. The van der Waals surface area contributed by atoms with Crippen LogP contribution in [0, 0.1) is 0 Å². The molecule has 0 saturated heterocycles. The third kappa shape index (κ3) is 4.29. The van der Waals surface area contributed by atoms with Gasteiger partial charge in [0.05, 0.1) is 0 Å². The molecule has 0 bridgehead atoms. The summed E-state index contributed by atoms with van der Waals surface area (Å²) in [4.78, 5) is 11.8. The van der Waals surface area contributed by atoms with Crippen molar-refractivity contribution >= 4 is 30.0 Å². The van der Waals surface area contributed by atoms with Gasteiger partial charge in [-0.05, 0) is 29.5 Å². The van der Waals surface area contributed by atoms with Crippen molar-refractivity contribution in [3.05, 3.63) is 10.1 Å². The summed E-state index contributed by atoms with van der Waals surface area (Å²) >= 11 is 3.62. The van der Waals surface area contributed by atoms with Gasteiger partial charge in [0.25, 0.3) is 0 Å². The zero-order chi connectivity index (χ0) is 16.2. The van der Waals surface area contributed by atoms with Crippen LogP contribution in [0.1, 0.15) is 67.2 Å². The lowest BCUT2D eigenvalue weighted by molar-refractivity contribution is -0.114. The fraction of sp³-hybridized carbons (Fsp3) is 0.824. The maximum Gasteiger partial charge on any atom is 0.200 e. The Kier molecular flexibility index (Phi) is 7.35. The van der Waals surface area contributed by atoms with Crippen molar-refractivity contribution in [2.75, 3.05) is 6.61 Å². The van der Waals surface area contributed by atoms with Gasteiger partial charge in [-0.15, -0.1) is 0 Å². The lowest BCUT2D eigenvalue weighted by Crippen LogP contribution is -2.47. The zero-order valence-corrected chi connectivity index (χ0v) is 17.0. The minimum atomic E-state index is -1.78. The number of halogens is 1. The first-order valence-electron chi connectivity index (χ1n) is 8.28. The van der Waals surface area contributed by atoms with Crippen LogP contribution in [-0.2, 0) is 9.22 Å². The lowest BCUT2D eigenvalue weighted by atomic mass is 10.2. The van der Waals surface area contributed by atoms with Crippen molar-refractivity contribution in [3.8, 4) is 0 Å². The largest absolute Gasteiger partial charge is 0.416 e. The van der Waals surface area contributed by atoms with Crippen LogP contribution >= 0.6 is 15.9 Å². The lowest BCUT2D eigenvalue weighted by Gasteiger charge is -2.42. The van der Waals surface area contributed by atoms with E-state index in [9.17, 15) is 4.79 Å². The van der Waals surface area contributed by atoms with Crippen molar-refractivity contribution in [1.29, 1.82) is 0 Å². The molecule has 1 rings (SSSR count). The zero-order valence-electron chi connectivity index (χ0n) is 14.5. The second kappa shape index (κ2) is 8.07. The van der Waals surface area contributed by atoms with Gasteiger partial charge in [0.15, 0.2) is 14.1 Å². The molecule has 0 atom stereocenters. The third-order valence-electron chi connectivity index (χ3n) is 4.88. The first-order chi connectivity index (χ1) is 9.73. The van der Waals surface area contributed by atoms with E-state index < -0.39 is 8.32 Å². The summed E-state index contributed by atoms with van der Waals surface area (Å²) in [7, 11) is -1.78. The van der Waals surface area contributed by atoms with Crippen molar-refractivity contribution in [2.24, 2.45) is 0 Å². The average molecular weight is 375 g/mol. The molecule has 0 heterocycles. The Balaban J connectivity index is 2.73. The van der Waals surface area contributed by atoms with E-state index in [1.54, 1.807) is 0 Å². The topological polar surface area (TPSA) is 26.3 Å². The first kappa shape index (κ1) is 19.1. The number of carbonyl (C=O) groups is 1. The smallest absolute Gasteiger partial charge is 0.200 e. The quantitative estimate of drug-likeness (QED) is 0.405. The maximum atomic E-state index is 11.8. The summed E-state index contributed by atoms with van der Waals surface area (Å²) < 4.78 is 7.62. The Bertz CT molecular complexity index is 378. The van der Waals surface area contributed by atoms with Crippen LogP contribution in [0.2, 0.25) is 16.6 Å². The fourth-order valence-electron chi connectivity index (χ4n) is 3.97. The van der Waals surface area contributed by atoms with Crippen LogP contribution in [0.25, 0.3) is 0 Å². The van der Waals surface area contributed by atoms with Gasteiger partial charge in [0.1, 0.15) is 0 Å². The Hall–Kier alpha value is 0.0669. The molecule has 0 amide bonds. The van der Waals surface area contributed by atoms with Crippen LogP contribution in [0.4, 0.5) is 0 Å². The normalized spacial score (nSPS) is 19.2. The number of rotatable bonds is 7. The van der Waals surface area contributed by atoms with Crippen LogP contribution in [-0.4, -0.2) is 20.7 Å². The van der Waals surface area contributed by atoms with E-state index in [1.165, 1.54) is 0 Å². The SMILES string of the molecule is CC(C)[Si](OCC/C(Br)=C1/CCCC1=O)(C(C)C)C(C)C. The van der Waals surface area contributed by atoms with E-state index in [2.05, 4.69) is 57.5 Å². The molecule has 0 radical (unpaired) electrons. The van der Waals surface area contributed by atoms with Crippen molar-refractivity contribution in [3.63, 3.8) is 0 Å². The molecule has 1 fully saturated rings. The molecule has 1 aliphatic carbocycles. The molecular weight excluding hydrogens is 344 g/mol. The van der Waals surface area contributed by atoms with Crippen molar-refractivity contribution in [1.82, 2.24) is 0 Å². The van der Waals surface area contributed by atoms with Gasteiger partial charge in [-0.3, -0.25) is 4.79 Å². The van der Waals surface area contributed by atoms with E-state index in [-0.39, 0.29) is 0 Å². The molecule has 0 aromatic rings. The van der Waals surface area contributed by atoms with Gasteiger partial charge in [0, 0.05) is 29.5 Å². The molecule has 1 aliphatic rings. The van der Waals surface area contributed by atoms with Gasteiger partial charge >= 0.3 is 0 Å². The van der Waals surface area contributed by atoms with Gasteiger partial charge in [-0.1, -0.05) is 57.5 Å². The molecule has 122 valence electrons. The molecule has 4 heteroatoms. The Morgan fingerprint density at radius 2 is 1.62 bits per heavy atom. The van der Waals surface area contributed by atoms with E-state index in [4.69, 9.17) is 4.43 Å². The molecular formula is C17H31BrO2Si. The van der Waals surface area contributed by atoms with Crippen LogP contribution in [0.3, 0.4) is 0 Å². The summed E-state index contributed by atoms with van der Waals surface area (Å²) in [5.41, 5.74) is 2.83. The van der Waals surface area contributed by atoms with Crippen molar-refractivity contribution < 1.29 is 9.22 Å². The second-order valence-electron chi connectivity index (χ2n) is 7.08. The molecule has 1 saturated carbocycles. The predicted octanol–water partition coefficient (Wildman–Crippen LogP) is 5.97. The summed E-state index contributed by atoms with van der Waals surface area (Å²) in [5, 5.41) is 0. The molecule has 0 N–H and O–H groups in total. The summed E-state index contributed by atoms with van der Waals surface area (Å²) in [6, 6.07) is 0. The predicted molar refractivity (Wildman–Crippen MR) is 96.4 cm³/mol. The minimum Gasteiger partial charge on any atom is -0.416 e. The number of allylic oxidation sites excluding steroid dienone is 1. The van der Waals surface area contributed by atoms with Gasteiger partial charge in [0.2, 0.25) is 0 Å². The van der Waals surface area contributed by atoms with Crippen LogP contribution in [0.15, 0.2) is 10.1 Å². The average Bonchev–Trinajstić information content (AvgIpc) is 2.79. The van der Waals surface area contributed by atoms with Crippen LogP contribution in [0.5, 0.6) is 0 Å². The molecule has 0 spiro atoms. The highest BCUT2D eigenvalue weighted by Crippen LogP contribution is 2.42. The minimum absolute atomic E-state index is 0.321. The Morgan fingerprint density at radius 3 is 2.00 bits per heavy atom. The van der Waals surface area contributed by atoms with Crippen LogP contribution < -0.4 is 0 Å². The Morgan fingerprint density at radius 1 is 1.10 bits per heavy atom. The molecule has 21 heavy (non-hydrogen) atoms. The molecule has 0 aromatic carbocycles. The van der Waals surface area contributed by atoms with Gasteiger partial charge in [-0.2, -0.15) is 0 Å². The summed E-state index contributed by atoms with van der Waals surface area (Å²) in [6.07, 6.45) is 3.49. The van der Waals surface area contributed by atoms with Gasteiger partial charge < -0.3 is 4.43 Å². The second-order valence-corrected chi connectivity index (χ2v) is 13.5. The van der Waals surface area contributed by atoms with E-state index in [1.807, 2.05) is 0 Å². The van der Waals surface area contributed by atoms with Gasteiger partial charge in [-0.25, -0.2) is 0 Å². The third-order valence-corrected chi connectivity index (χ3v) is 11.9. The van der Waals surface area contributed by atoms with Crippen molar-refractivity contribution in [2.45, 2.75) is 83.8 Å². The number of hydrogen-bond donors (Lipinski definition) is 0. The molecule has 2 nitrogen and oxygen atoms in total. The first-order valence-corrected chi connectivity index (χ1v) is 11.2. The maximum absolute atomic E-state index is 11.8. The summed E-state index contributed by atoms with van der Waals surface area (Å²) in [5.74, 6) is 0.321. The van der Waals surface area contributed by atoms with E-state index >= 15 is 0 Å². The standard InChI is InChI=1S/C17H31BrO2Si/c1-12(2)21(13(3)4,14(5)6)20-11-10-16(18)15-8-7-9-17(15)19/h12-14H,7-11H2,1-6H3/b16-15+. The Labute approximate surface area is 140 Å². The number of Topliss-reactive ketones (excluding diaryl/α,β-unsaturated/α-hetero) is 1. The highest BCUT2D eigenvalue weighted by Gasteiger charge is 2.44. The highest BCUT2D eigenvalue weighted by atomic mass is 79.9. The van der Waals surface area contributed by atoms with E-state index in [0.29, 0.717) is 28.8 Å². The number of hydrogen-bond acceptors (Lipinski definition) is 2. The number of ketones is 1. The molecule has 0 unspecified atom stereocenters. The number of carbonyl (C=O) groups excluding carboxylic acids is 1. The monoisotopic (exact) mass is 374 g/mol. The summed E-state index contributed by atoms with van der Waals surface area (Å²) in [6.45, 7) is 14.6.